The van der Waals surface area contributed by atoms with Gasteiger partial charge in [-0.15, -0.1) is 0 Å². The molecule has 1 heterocycles. The summed E-state index contributed by atoms with van der Waals surface area (Å²) in [5.41, 5.74) is 1.52. The number of benzene rings is 2. The zero-order chi connectivity index (χ0) is 20.9. The van der Waals surface area contributed by atoms with E-state index in [2.05, 4.69) is 20.6 Å². The molecule has 0 radical (unpaired) electrons. The number of halogens is 1. The molecule has 1 aliphatic rings. The van der Waals surface area contributed by atoms with Gasteiger partial charge in [-0.3, -0.25) is 4.90 Å². The van der Waals surface area contributed by atoms with Gasteiger partial charge in [0.05, 0.1) is 17.7 Å². The van der Waals surface area contributed by atoms with Crippen LogP contribution >= 0.6 is 0 Å². The number of para-hydroxylation sites is 2. The van der Waals surface area contributed by atoms with Crippen molar-refractivity contribution in [2.24, 2.45) is 0 Å². The summed E-state index contributed by atoms with van der Waals surface area (Å²) in [6, 6.07) is 11.7. The first-order valence-electron chi connectivity index (χ1n) is 9.77. The summed E-state index contributed by atoms with van der Waals surface area (Å²) in [5.74, 6) is 0.445. The van der Waals surface area contributed by atoms with E-state index in [4.69, 9.17) is 4.74 Å². The van der Waals surface area contributed by atoms with Crippen LogP contribution in [0, 0.1) is 12.7 Å². The first-order valence-corrected chi connectivity index (χ1v) is 11.2. The van der Waals surface area contributed by atoms with E-state index >= 15 is 0 Å². The maximum Gasteiger partial charge on any atom is 0.240 e. The summed E-state index contributed by atoms with van der Waals surface area (Å²) in [5, 5.41) is 0. The van der Waals surface area contributed by atoms with Crippen molar-refractivity contribution in [3.63, 3.8) is 0 Å². The fourth-order valence-electron chi connectivity index (χ4n) is 3.60. The van der Waals surface area contributed by atoms with Gasteiger partial charge in [0, 0.05) is 32.7 Å². The third kappa shape index (κ3) is 5.46. The number of hydrogen-bond acceptors (Lipinski definition) is 5. The standard InChI is InChI=1S/C21H28FN3O3S/c1-17-16-18(22)8-9-21(17)29(26,27)23-10-5-11-24-12-14-25(15-13-24)19-6-3-4-7-20(19)28-2/h3-4,6-9,16,23H,5,10-15H2,1-2H3. The second-order valence-corrected chi connectivity index (χ2v) is 8.90. The first-order chi connectivity index (χ1) is 13.9. The fourth-order valence-corrected chi connectivity index (χ4v) is 4.90. The van der Waals surface area contributed by atoms with Crippen LogP contribution in [-0.2, 0) is 10.0 Å². The third-order valence-corrected chi connectivity index (χ3v) is 6.79. The smallest absolute Gasteiger partial charge is 0.240 e. The Morgan fingerprint density at radius 2 is 1.83 bits per heavy atom. The van der Waals surface area contributed by atoms with Gasteiger partial charge in [-0.25, -0.2) is 17.5 Å². The fraction of sp³-hybridized carbons (Fsp3) is 0.429. The minimum absolute atomic E-state index is 0.129. The number of rotatable bonds is 8. The van der Waals surface area contributed by atoms with Crippen molar-refractivity contribution in [2.45, 2.75) is 18.2 Å². The number of hydrogen-bond donors (Lipinski definition) is 1. The number of anilines is 1. The number of methoxy groups -OCH3 is 1. The molecule has 2 aromatic rings. The number of aryl methyl sites for hydroxylation is 1. The molecule has 6 nitrogen and oxygen atoms in total. The second-order valence-electron chi connectivity index (χ2n) is 7.16. The van der Waals surface area contributed by atoms with Gasteiger partial charge in [0.15, 0.2) is 0 Å². The van der Waals surface area contributed by atoms with Crippen molar-refractivity contribution in [2.75, 3.05) is 51.3 Å². The lowest BCUT2D eigenvalue weighted by atomic mass is 10.2. The zero-order valence-corrected chi connectivity index (χ0v) is 17.7. The Hall–Kier alpha value is -2.16. The lowest BCUT2D eigenvalue weighted by molar-refractivity contribution is 0.254. The first kappa shape index (κ1) is 21.5. The number of piperazine rings is 1. The zero-order valence-electron chi connectivity index (χ0n) is 16.9. The highest BCUT2D eigenvalue weighted by atomic mass is 32.2. The molecule has 1 N–H and O–H groups in total. The van der Waals surface area contributed by atoms with Crippen LogP contribution in [0.5, 0.6) is 5.75 Å². The van der Waals surface area contributed by atoms with E-state index in [1.807, 2.05) is 18.2 Å². The normalized spacial score (nSPS) is 15.5. The SMILES string of the molecule is COc1ccccc1N1CCN(CCCNS(=O)(=O)c2ccc(F)cc2C)CC1. The highest BCUT2D eigenvalue weighted by molar-refractivity contribution is 7.89. The molecule has 0 amide bonds. The number of nitrogens with one attached hydrogen (secondary N) is 1. The second kappa shape index (κ2) is 9.56. The van der Waals surface area contributed by atoms with Gasteiger partial charge in [0.2, 0.25) is 10.0 Å². The molecule has 0 spiro atoms. The quantitative estimate of drug-likeness (QED) is 0.664. The van der Waals surface area contributed by atoms with Crippen LogP contribution in [0.15, 0.2) is 47.4 Å². The lowest BCUT2D eigenvalue weighted by Crippen LogP contribution is -2.47. The van der Waals surface area contributed by atoms with Crippen LogP contribution in [0.3, 0.4) is 0 Å². The van der Waals surface area contributed by atoms with Crippen molar-refractivity contribution >= 4 is 15.7 Å². The Kier molecular flexibility index (Phi) is 7.10. The average molecular weight is 422 g/mol. The molecule has 3 rings (SSSR count). The van der Waals surface area contributed by atoms with Crippen LogP contribution < -0.4 is 14.4 Å². The summed E-state index contributed by atoms with van der Waals surface area (Å²) >= 11 is 0. The van der Waals surface area contributed by atoms with Crippen molar-refractivity contribution in [3.8, 4) is 5.75 Å². The molecular formula is C21H28FN3O3S. The predicted molar refractivity (Wildman–Crippen MR) is 113 cm³/mol. The van der Waals surface area contributed by atoms with Crippen LogP contribution in [-0.4, -0.2) is 59.7 Å². The minimum atomic E-state index is -3.62. The van der Waals surface area contributed by atoms with E-state index in [1.165, 1.54) is 18.2 Å². The average Bonchev–Trinajstić information content (AvgIpc) is 2.71. The molecule has 0 aliphatic carbocycles. The number of nitrogens with zero attached hydrogens (tertiary/aromatic N) is 2. The Morgan fingerprint density at radius 1 is 1.10 bits per heavy atom. The van der Waals surface area contributed by atoms with Gasteiger partial charge in [-0.2, -0.15) is 0 Å². The Balaban J connectivity index is 1.44. The summed E-state index contributed by atoms with van der Waals surface area (Å²) in [6.07, 6.45) is 0.716. The molecule has 158 valence electrons. The molecule has 2 aromatic carbocycles. The van der Waals surface area contributed by atoms with E-state index in [0.29, 0.717) is 18.5 Å². The van der Waals surface area contributed by atoms with Crippen LogP contribution in [0.2, 0.25) is 0 Å². The molecule has 1 aliphatic heterocycles. The number of ether oxygens (including phenoxy) is 1. The van der Waals surface area contributed by atoms with Crippen molar-refractivity contribution in [1.29, 1.82) is 0 Å². The summed E-state index contributed by atoms with van der Waals surface area (Å²) in [6.45, 7) is 6.42. The van der Waals surface area contributed by atoms with Gasteiger partial charge >= 0.3 is 0 Å². The maximum atomic E-state index is 13.2. The van der Waals surface area contributed by atoms with Crippen molar-refractivity contribution < 1.29 is 17.5 Å². The van der Waals surface area contributed by atoms with Gasteiger partial charge in [-0.05, 0) is 55.8 Å². The molecule has 1 saturated heterocycles. The molecule has 8 heteroatoms. The van der Waals surface area contributed by atoms with E-state index in [1.54, 1.807) is 14.0 Å². The summed E-state index contributed by atoms with van der Waals surface area (Å²) in [7, 11) is -1.94. The molecule has 1 fully saturated rings. The van der Waals surface area contributed by atoms with E-state index in [0.717, 1.165) is 44.2 Å². The van der Waals surface area contributed by atoms with Crippen LogP contribution in [0.25, 0.3) is 0 Å². The van der Waals surface area contributed by atoms with E-state index in [9.17, 15) is 12.8 Å². The topological polar surface area (TPSA) is 61.9 Å². The molecule has 0 atom stereocenters. The molecule has 0 bridgehead atoms. The Bertz CT molecular complexity index is 929. The Labute approximate surface area is 172 Å². The number of sulfonamides is 1. The molecule has 0 aromatic heterocycles. The molecular weight excluding hydrogens is 393 g/mol. The van der Waals surface area contributed by atoms with Gasteiger partial charge < -0.3 is 9.64 Å². The van der Waals surface area contributed by atoms with Crippen molar-refractivity contribution in [3.05, 3.63) is 53.8 Å². The van der Waals surface area contributed by atoms with E-state index in [-0.39, 0.29) is 4.90 Å². The van der Waals surface area contributed by atoms with Gasteiger partial charge in [-0.1, -0.05) is 12.1 Å². The van der Waals surface area contributed by atoms with Crippen LogP contribution in [0.1, 0.15) is 12.0 Å². The minimum Gasteiger partial charge on any atom is -0.495 e. The summed E-state index contributed by atoms with van der Waals surface area (Å²) < 4.78 is 46.1. The van der Waals surface area contributed by atoms with Crippen LogP contribution in [0.4, 0.5) is 10.1 Å². The molecule has 0 saturated carbocycles. The largest absolute Gasteiger partial charge is 0.495 e. The van der Waals surface area contributed by atoms with E-state index < -0.39 is 15.8 Å². The monoisotopic (exact) mass is 421 g/mol. The predicted octanol–water partition coefficient (Wildman–Crippen LogP) is 2.63. The van der Waals surface area contributed by atoms with Gasteiger partial charge in [0.1, 0.15) is 11.6 Å². The Morgan fingerprint density at radius 3 is 2.52 bits per heavy atom. The third-order valence-electron chi connectivity index (χ3n) is 5.17. The molecule has 0 unspecified atom stereocenters. The maximum absolute atomic E-state index is 13.2. The highest BCUT2D eigenvalue weighted by Crippen LogP contribution is 2.28. The lowest BCUT2D eigenvalue weighted by Gasteiger charge is -2.36. The summed E-state index contributed by atoms with van der Waals surface area (Å²) in [4.78, 5) is 4.78. The van der Waals surface area contributed by atoms with Gasteiger partial charge in [0.25, 0.3) is 0 Å². The van der Waals surface area contributed by atoms with Crippen molar-refractivity contribution in [1.82, 2.24) is 9.62 Å². The molecule has 29 heavy (non-hydrogen) atoms. The highest BCUT2D eigenvalue weighted by Gasteiger charge is 2.20.